The fourth-order valence-electron chi connectivity index (χ4n) is 0.883. The zero-order chi connectivity index (χ0) is 7.40. The van der Waals surface area contributed by atoms with Crippen LogP contribution in [0.2, 0.25) is 0 Å². The molecule has 1 aromatic rings. The van der Waals surface area contributed by atoms with Gasteiger partial charge in [0.05, 0.1) is 0 Å². The predicted molar refractivity (Wildman–Crippen MR) is 40.9 cm³/mol. The minimum absolute atomic E-state index is 0.353. The van der Waals surface area contributed by atoms with Crippen molar-refractivity contribution in [2.45, 2.75) is 6.42 Å². The molecule has 0 saturated carbocycles. The molecule has 0 aliphatic rings. The molecule has 0 amide bonds. The first-order valence-electron chi connectivity index (χ1n) is 3.32. The molecule has 1 aromatic carbocycles. The zero-order valence-corrected chi connectivity index (χ0v) is 8.00. The molecule has 0 bridgehead atoms. The Balaban J connectivity index is 2.67. The first-order valence-corrected chi connectivity index (χ1v) is 4.32. The van der Waals surface area contributed by atoms with Crippen LogP contribution in [0.5, 0.6) is 0 Å². The molecular weight excluding hydrogens is 135 g/mol. The SMILES string of the molecule is O=[C]([Na])Cc1ccccc1. The van der Waals surface area contributed by atoms with E-state index in [1.807, 2.05) is 30.3 Å². The molecule has 0 aliphatic heterocycles. The van der Waals surface area contributed by atoms with Gasteiger partial charge >= 0.3 is 78.1 Å². The third-order valence-corrected chi connectivity index (χ3v) is 1.65. The van der Waals surface area contributed by atoms with E-state index in [1.54, 1.807) is 0 Å². The van der Waals surface area contributed by atoms with Crippen molar-refractivity contribution in [3.8, 4) is 0 Å². The maximum atomic E-state index is 10.7. The van der Waals surface area contributed by atoms with Gasteiger partial charge in [0, 0.05) is 0 Å². The number of carbonyl (C=O) groups is 1. The summed E-state index contributed by atoms with van der Waals surface area (Å²) in [5, 5.41) is 0. The molecule has 46 valence electrons. The molecular formula is C8H7NaO. The van der Waals surface area contributed by atoms with E-state index in [4.69, 9.17) is 0 Å². The van der Waals surface area contributed by atoms with Gasteiger partial charge in [0.15, 0.2) is 0 Å². The molecule has 0 aliphatic carbocycles. The van der Waals surface area contributed by atoms with Gasteiger partial charge in [-0.25, -0.2) is 0 Å². The van der Waals surface area contributed by atoms with Gasteiger partial charge in [-0.1, -0.05) is 0 Å². The molecule has 0 spiro atoms. The van der Waals surface area contributed by atoms with Crippen LogP contribution in [0, 0.1) is 0 Å². The van der Waals surface area contributed by atoms with Crippen molar-refractivity contribution in [1.82, 2.24) is 0 Å². The summed E-state index contributed by atoms with van der Waals surface area (Å²) < 4.78 is 0.353. The van der Waals surface area contributed by atoms with E-state index in [9.17, 15) is 4.79 Å². The summed E-state index contributed by atoms with van der Waals surface area (Å²) in [6.07, 6.45) is 0.618. The molecule has 1 rings (SSSR count). The van der Waals surface area contributed by atoms with Gasteiger partial charge in [-0.05, 0) is 0 Å². The van der Waals surface area contributed by atoms with Crippen molar-refractivity contribution in [2.75, 3.05) is 0 Å². The molecule has 0 radical (unpaired) electrons. The first-order chi connectivity index (χ1) is 4.79. The van der Waals surface area contributed by atoms with Crippen LogP contribution in [0.4, 0.5) is 0 Å². The van der Waals surface area contributed by atoms with Crippen LogP contribution in [-0.4, -0.2) is 31.0 Å². The molecule has 0 atom stereocenters. The van der Waals surface area contributed by atoms with Crippen LogP contribution in [0.1, 0.15) is 5.56 Å². The van der Waals surface area contributed by atoms with E-state index in [2.05, 4.69) is 0 Å². The Labute approximate surface area is 77.9 Å². The van der Waals surface area contributed by atoms with E-state index >= 15 is 0 Å². The Morgan fingerprint density at radius 3 is 2.40 bits per heavy atom. The standard InChI is InChI=1S/C8H7O.Na/c9-7-6-8-4-2-1-3-5-8;/h1-5H,6H2;. The zero-order valence-electron chi connectivity index (χ0n) is 6.00. The molecule has 0 N–H and O–H groups in total. The second kappa shape index (κ2) is 3.91. The monoisotopic (exact) mass is 142 g/mol. The van der Waals surface area contributed by atoms with Crippen molar-refractivity contribution in [2.24, 2.45) is 0 Å². The molecule has 0 heterocycles. The summed E-state index contributed by atoms with van der Waals surface area (Å²) in [5.41, 5.74) is 1.13. The molecule has 10 heavy (non-hydrogen) atoms. The molecule has 0 saturated heterocycles. The Morgan fingerprint density at radius 2 is 1.90 bits per heavy atom. The summed E-state index contributed by atoms with van der Waals surface area (Å²) in [4.78, 5) is 10.7. The van der Waals surface area contributed by atoms with Gasteiger partial charge in [-0.3, -0.25) is 0 Å². The summed E-state index contributed by atoms with van der Waals surface area (Å²) >= 11 is 0.665. The van der Waals surface area contributed by atoms with E-state index in [-0.39, 0.29) is 0 Å². The van der Waals surface area contributed by atoms with Gasteiger partial charge in [0.2, 0.25) is 0 Å². The fraction of sp³-hybridized carbons (Fsp3) is 0.125. The van der Waals surface area contributed by atoms with Gasteiger partial charge in [0.1, 0.15) is 0 Å². The van der Waals surface area contributed by atoms with E-state index in [1.165, 1.54) is 0 Å². The van der Waals surface area contributed by atoms with Gasteiger partial charge in [-0.2, -0.15) is 0 Å². The Kier molecular flexibility index (Phi) is 3.13. The van der Waals surface area contributed by atoms with Crippen LogP contribution in [-0.2, 0) is 11.2 Å². The average Bonchev–Trinajstić information content (AvgIpc) is 1.88. The van der Waals surface area contributed by atoms with Gasteiger partial charge in [-0.15, -0.1) is 0 Å². The van der Waals surface area contributed by atoms with E-state index < -0.39 is 0 Å². The van der Waals surface area contributed by atoms with Crippen molar-refractivity contribution >= 4 is 31.0 Å². The topological polar surface area (TPSA) is 17.1 Å². The van der Waals surface area contributed by atoms with Crippen LogP contribution in [0.3, 0.4) is 0 Å². The quantitative estimate of drug-likeness (QED) is 0.561. The van der Waals surface area contributed by atoms with E-state index in [0.29, 0.717) is 37.4 Å². The van der Waals surface area contributed by atoms with Crippen molar-refractivity contribution < 1.29 is 4.79 Å². The average molecular weight is 142 g/mol. The van der Waals surface area contributed by atoms with Crippen molar-refractivity contribution in [1.29, 1.82) is 0 Å². The Morgan fingerprint density at radius 1 is 1.30 bits per heavy atom. The predicted octanol–water partition coefficient (Wildman–Crippen LogP) is 0.924. The summed E-state index contributed by atoms with van der Waals surface area (Å²) in [6.45, 7) is 0. The molecule has 1 nitrogen and oxygen atoms in total. The van der Waals surface area contributed by atoms with Crippen LogP contribution in [0.15, 0.2) is 30.3 Å². The number of carbonyl (C=O) groups excluding carboxylic acids is 1. The number of rotatable bonds is 2. The third kappa shape index (κ3) is 2.65. The summed E-state index contributed by atoms with van der Waals surface area (Å²) in [5.74, 6) is 0. The summed E-state index contributed by atoms with van der Waals surface area (Å²) in [6, 6.07) is 9.84. The fourth-order valence-corrected chi connectivity index (χ4v) is 1.29. The Bertz CT molecular complexity index is 218. The van der Waals surface area contributed by atoms with Crippen molar-refractivity contribution in [3.05, 3.63) is 35.9 Å². The number of hydrogen-bond acceptors (Lipinski definition) is 1. The molecule has 0 aromatic heterocycles. The molecule has 2 heteroatoms. The van der Waals surface area contributed by atoms with Gasteiger partial charge < -0.3 is 0 Å². The van der Waals surface area contributed by atoms with Gasteiger partial charge in [0.25, 0.3) is 0 Å². The summed E-state index contributed by atoms with van der Waals surface area (Å²) in [7, 11) is 0. The molecule has 0 fully saturated rings. The second-order valence-corrected chi connectivity index (χ2v) is 3.48. The van der Waals surface area contributed by atoms with Crippen LogP contribution >= 0.6 is 0 Å². The maximum absolute atomic E-state index is 10.7. The second-order valence-electron chi connectivity index (χ2n) is 2.36. The van der Waals surface area contributed by atoms with Crippen molar-refractivity contribution in [3.63, 3.8) is 0 Å². The van der Waals surface area contributed by atoms with Crippen LogP contribution in [0.25, 0.3) is 0 Å². The van der Waals surface area contributed by atoms with E-state index in [0.717, 1.165) is 5.56 Å². The number of benzene rings is 1. The van der Waals surface area contributed by atoms with Crippen LogP contribution < -0.4 is 0 Å². The molecule has 0 unspecified atom stereocenters. The Hall–Kier alpha value is -0.110. The third-order valence-electron chi connectivity index (χ3n) is 1.30. The minimum atomic E-state index is 0.353. The first kappa shape index (κ1) is 7.99. The normalized spacial score (nSPS) is 9.40. The number of hydrogen-bond donors (Lipinski definition) is 0.